The Labute approximate surface area is 191 Å². The number of pyridine rings is 1. The summed E-state index contributed by atoms with van der Waals surface area (Å²) in [5.74, 6) is 0.523. The zero-order chi connectivity index (χ0) is 22.8. The molecule has 0 spiro atoms. The van der Waals surface area contributed by atoms with Gasteiger partial charge in [0.2, 0.25) is 0 Å². The predicted molar refractivity (Wildman–Crippen MR) is 123 cm³/mol. The van der Waals surface area contributed by atoms with Crippen molar-refractivity contribution in [3.63, 3.8) is 0 Å². The monoisotopic (exact) mass is 445 g/mol. The van der Waals surface area contributed by atoms with Crippen LogP contribution in [0.3, 0.4) is 0 Å². The second-order valence-corrected chi connectivity index (χ2v) is 9.03. The molecule has 0 radical (unpaired) electrons. The van der Waals surface area contributed by atoms with Crippen molar-refractivity contribution < 1.29 is 9.90 Å². The van der Waals surface area contributed by atoms with Crippen molar-refractivity contribution in [2.24, 2.45) is 5.92 Å². The third-order valence-corrected chi connectivity index (χ3v) is 6.47. The van der Waals surface area contributed by atoms with Crippen LogP contribution in [0.5, 0.6) is 0 Å². The molecule has 8 nitrogen and oxygen atoms in total. The van der Waals surface area contributed by atoms with Gasteiger partial charge >= 0.3 is 5.97 Å². The van der Waals surface area contributed by atoms with E-state index in [-0.39, 0.29) is 12.1 Å². The van der Waals surface area contributed by atoms with Crippen LogP contribution in [0.1, 0.15) is 66.2 Å². The van der Waals surface area contributed by atoms with Gasteiger partial charge in [0.15, 0.2) is 12.4 Å². The minimum Gasteiger partial charge on any atom is -0.480 e. The molecule has 0 unspecified atom stereocenters. The SMILES string of the molecule is O=C(O)Cn1nnc(CCc2ccc(/C(=C\C3CCC3)c3ccc(C4CC4)c(=O)[nH]3)cc2)n1. The average molecular weight is 446 g/mol. The van der Waals surface area contributed by atoms with E-state index >= 15 is 0 Å². The molecule has 0 atom stereocenters. The number of aromatic amines is 1. The van der Waals surface area contributed by atoms with Crippen LogP contribution in [-0.2, 0) is 24.2 Å². The standard InChI is InChI=1S/C25H27N5O3/c31-24(32)15-30-28-23(27-29-30)13-6-16-4-7-19(8-5-16)21(14-17-2-1-3-17)22-12-11-20(18-9-10-18)25(33)26-22/h4-5,7-8,11-12,14,17-18H,1-3,6,9-10,13,15H2,(H,26,33)(H,31,32)/b21-14+. The molecule has 0 amide bonds. The lowest BCUT2D eigenvalue weighted by Gasteiger charge is -2.23. The summed E-state index contributed by atoms with van der Waals surface area (Å²) >= 11 is 0. The number of nitrogens with one attached hydrogen (secondary N) is 1. The van der Waals surface area contributed by atoms with E-state index in [9.17, 15) is 9.59 Å². The summed E-state index contributed by atoms with van der Waals surface area (Å²) in [5.41, 5.74) is 5.13. The molecule has 0 saturated heterocycles. The zero-order valence-electron chi connectivity index (χ0n) is 18.4. The molecule has 2 N–H and O–H groups in total. The van der Waals surface area contributed by atoms with Gasteiger partial charge in [-0.1, -0.05) is 42.8 Å². The molecule has 3 aromatic rings. The molecule has 170 valence electrons. The first kappa shape index (κ1) is 21.3. The number of H-pyrrole nitrogens is 1. The molecule has 0 aliphatic heterocycles. The van der Waals surface area contributed by atoms with E-state index in [0.717, 1.165) is 52.0 Å². The third kappa shape index (κ3) is 5.10. The number of aromatic nitrogens is 5. The first-order chi connectivity index (χ1) is 16.0. The van der Waals surface area contributed by atoms with Gasteiger partial charge in [0.25, 0.3) is 5.56 Å². The van der Waals surface area contributed by atoms with Crippen LogP contribution in [0.15, 0.2) is 47.3 Å². The summed E-state index contributed by atoms with van der Waals surface area (Å²) in [6.07, 6.45) is 9.50. The van der Waals surface area contributed by atoms with Crippen molar-refractivity contribution in [1.29, 1.82) is 0 Å². The van der Waals surface area contributed by atoms with E-state index in [4.69, 9.17) is 5.11 Å². The Hall–Kier alpha value is -3.55. The number of hydrogen-bond acceptors (Lipinski definition) is 5. The number of rotatable bonds is 9. The molecule has 0 bridgehead atoms. The number of benzene rings is 1. The second-order valence-electron chi connectivity index (χ2n) is 9.03. The Kier molecular flexibility index (Phi) is 5.90. The van der Waals surface area contributed by atoms with Gasteiger partial charge in [0.1, 0.15) is 0 Å². The fourth-order valence-corrected chi connectivity index (χ4v) is 4.21. The lowest BCUT2D eigenvalue weighted by atomic mass is 9.82. The van der Waals surface area contributed by atoms with Crippen molar-refractivity contribution in [3.8, 4) is 0 Å². The summed E-state index contributed by atoms with van der Waals surface area (Å²) in [6.45, 7) is -0.290. The van der Waals surface area contributed by atoms with Crippen molar-refractivity contribution >= 4 is 11.5 Å². The molecule has 33 heavy (non-hydrogen) atoms. The number of tetrazole rings is 1. The number of nitrogens with zero attached hydrogens (tertiary/aromatic N) is 4. The van der Waals surface area contributed by atoms with Gasteiger partial charge in [-0.3, -0.25) is 9.59 Å². The molecular weight excluding hydrogens is 418 g/mol. The predicted octanol–water partition coefficient (Wildman–Crippen LogP) is 3.34. The fourth-order valence-electron chi connectivity index (χ4n) is 4.21. The topological polar surface area (TPSA) is 114 Å². The Bertz CT molecular complexity index is 1230. The highest BCUT2D eigenvalue weighted by Crippen LogP contribution is 2.38. The van der Waals surface area contributed by atoms with E-state index < -0.39 is 5.97 Å². The third-order valence-electron chi connectivity index (χ3n) is 6.47. The Balaban J connectivity index is 1.32. The molecular formula is C25H27N5O3. The number of aliphatic carboxylic acids is 1. The number of carboxylic acid groups (broad SMARTS) is 1. The van der Waals surface area contributed by atoms with E-state index in [1.807, 2.05) is 6.07 Å². The minimum atomic E-state index is -0.996. The number of carboxylic acids is 1. The van der Waals surface area contributed by atoms with Crippen LogP contribution in [0.4, 0.5) is 0 Å². The van der Waals surface area contributed by atoms with Crippen LogP contribution >= 0.6 is 0 Å². The molecule has 2 heterocycles. The van der Waals surface area contributed by atoms with Crippen molar-refractivity contribution in [1.82, 2.24) is 25.2 Å². The molecule has 8 heteroatoms. The molecule has 2 fully saturated rings. The van der Waals surface area contributed by atoms with Crippen LogP contribution < -0.4 is 5.56 Å². The van der Waals surface area contributed by atoms with E-state index in [0.29, 0.717) is 24.1 Å². The fraction of sp³-hybridized carbons (Fsp3) is 0.400. The zero-order valence-corrected chi connectivity index (χ0v) is 18.4. The number of allylic oxidation sites excluding steroid dienone is 1. The largest absolute Gasteiger partial charge is 0.480 e. The van der Waals surface area contributed by atoms with E-state index in [1.54, 1.807) is 0 Å². The van der Waals surface area contributed by atoms with Crippen LogP contribution in [-0.4, -0.2) is 36.3 Å². The summed E-state index contributed by atoms with van der Waals surface area (Å²) in [7, 11) is 0. The van der Waals surface area contributed by atoms with Crippen molar-refractivity contribution in [2.75, 3.05) is 0 Å². The maximum absolute atomic E-state index is 12.6. The van der Waals surface area contributed by atoms with Crippen molar-refractivity contribution in [3.05, 3.63) is 81.0 Å². The lowest BCUT2D eigenvalue weighted by molar-refractivity contribution is -0.138. The average Bonchev–Trinajstić information content (AvgIpc) is 3.51. The maximum atomic E-state index is 12.6. The number of hydrogen-bond donors (Lipinski definition) is 2. The molecule has 2 aliphatic rings. The summed E-state index contributed by atoms with van der Waals surface area (Å²) in [4.78, 5) is 27.6. The first-order valence-electron chi connectivity index (χ1n) is 11.6. The van der Waals surface area contributed by atoms with Gasteiger partial charge in [-0.2, -0.15) is 4.80 Å². The molecule has 2 aromatic heterocycles. The van der Waals surface area contributed by atoms with Gasteiger partial charge in [-0.05, 0) is 66.3 Å². The van der Waals surface area contributed by atoms with Gasteiger partial charge in [-0.15, -0.1) is 10.2 Å². The molecule has 2 aliphatic carbocycles. The minimum absolute atomic E-state index is 0.0366. The summed E-state index contributed by atoms with van der Waals surface area (Å²) < 4.78 is 0. The van der Waals surface area contributed by atoms with Gasteiger partial charge in [-0.25, -0.2) is 0 Å². The van der Waals surface area contributed by atoms with Gasteiger partial charge < -0.3 is 10.1 Å². The highest BCUT2D eigenvalue weighted by atomic mass is 16.4. The maximum Gasteiger partial charge on any atom is 0.327 e. The smallest absolute Gasteiger partial charge is 0.327 e. The van der Waals surface area contributed by atoms with Crippen LogP contribution in [0.2, 0.25) is 0 Å². The first-order valence-corrected chi connectivity index (χ1v) is 11.6. The van der Waals surface area contributed by atoms with Crippen molar-refractivity contribution in [2.45, 2.75) is 57.4 Å². The quantitative estimate of drug-likeness (QED) is 0.522. The molecule has 1 aromatic carbocycles. The van der Waals surface area contributed by atoms with E-state index in [2.05, 4.69) is 56.8 Å². The lowest BCUT2D eigenvalue weighted by Crippen LogP contribution is -2.14. The number of carbonyl (C=O) groups is 1. The number of aryl methyl sites for hydroxylation is 2. The van der Waals surface area contributed by atoms with E-state index in [1.165, 1.54) is 19.3 Å². The molecule has 5 rings (SSSR count). The Morgan fingerprint density at radius 3 is 2.52 bits per heavy atom. The van der Waals surface area contributed by atoms with Crippen LogP contribution in [0.25, 0.3) is 5.57 Å². The normalized spacial score (nSPS) is 16.5. The highest BCUT2D eigenvalue weighted by molar-refractivity contribution is 5.78. The highest BCUT2D eigenvalue weighted by Gasteiger charge is 2.26. The molecule has 2 saturated carbocycles. The summed E-state index contributed by atoms with van der Waals surface area (Å²) in [6, 6.07) is 12.4. The summed E-state index contributed by atoms with van der Waals surface area (Å²) in [5, 5.41) is 20.6. The second kappa shape index (κ2) is 9.13. The van der Waals surface area contributed by atoms with Crippen LogP contribution in [0, 0.1) is 5.92 Å². The van der Waals surface area contributed by atoms with Gasteiger partial charge in [0.05, 0.1) is 0 Å². The van der Waals surface area contributed by atoms with Gasteiger partial charge in [0, 0.05) is 23.3 Å². The Morgan fingerprint density at radius 2 is 1.88 bits per heavy atom. The Morgan fingerprint density at radius 1 is 1.09 bits per heavy atom.